The molecule has 122 valence electrons. The zero-order valence-corrected chi connectivity index (χ0v) is 14.2. The van der Waals surface area contributed by atoms with Gasteiger partial charge in [-0.05, 0) is 19.3 Å². The van der Waals surface area contributed by atoms with Crippen LogP contribution in [0.2, 0.25) is 0 Å². The first-order chi connectivity index (χ1) is 9.62. The molecule has 1 N–H and O–H groups in total. The van der Waals surface area contributed by atoms with Gasteiger partial charge in [-0.1, -0.05) is 27.2 Å². The molecule has 4 atom stereocenters. The summed E-state index contributed by atoms with van der Waals surface area (Å²) in [6.07, 6.45) is 2.38. The van der Waals surface area contributed by atoms with Crippen molar-refractivity contribution in [1.82, 2.24) is 10.2 Å². The van der Waals surface area contributed by atoms with E-state index in [1.807, 2.05) is 20.8 Å². The van der Waals surface area contributed by atoms with Crippen LogP contribution in [0.5, 0.6) is 0 Å². The van der Waals surface area contributed by atoms with Gasteiger partial charge in [0.15, 0.2) is 0 Å². The maximum absolute atomic E-state index is 12.7. The Balaban J connectivity index is 3.09. The van der Waals surface area contributed by atoms with Crippen molar-refractivity contribution in [2.45, 2.75) is 58.7 Å². The van der Waals surface area contributed by atoms with E-state index in [-0.39, 0.29) is 23.5 Å². The van der Waals surface area contributed by atoms with Gasteiger partial charge < -0.3 is 10.2 Å². The Morgan fingerprint density at radius 1 is 1.24 bits per heavy atom. The van der Waals surface area contributed by atoms with Crippen molar-refractivity contribution in [2.75, 3.05) is 12.0 Å². The average molecular weight is 318 g/mol. The highest BCUT2D eigenvalue weighted by Crippen LogP contribution is 2.22. The number of carbonyl (C=O) groups is 2. The Labute approximate surface area is 127 Å². The van der Waals surface area contributed by atoms with Crippen molar-refractivity contribution >= 4 is 21.7 Å². The van der Waals surface area contributed by atoms with Gasteiger partial charge >= 0.3 is 0 Å². The normalized spacial score (nSPS) is 26.4. The number of carbonyl (C=O) groups excluding carboxylic acids is 2. The van der Waals surface area contributed by atoms with Crippen LogP contribution in [0.3, 0.4) is 0 Å². The van der Waals surface area contributed by atoms with Crippen LogP contribution >= 0.6 is 0 Å². The van der Waals surface area contributed by atoms with Crippen molar-refractivity contribution < 1.29 is 18.0 Å². The number of sulfone groups is 1. The minimum Gasteiger partial charge on any atom is -0.342 e. The summed E-state index contributed by atoms with van der Waals surface area (Å²) in [5.74, 6) is -0.475. The van der Waals surface area contributed by atoms with Crippen LogP contribution in [-0.2, 0) is 19.4 Å². The second kappa shape index (κ2) is 6.77. The summed E-state index contributed by atoms with van der Waals surface area (Å²) in [5.41, 5.74) is 0. The van der Waals surface area contributed by atoms with E-state index in [9.17, 15) is 18.0 Å². The summed E-state index contributed by atoms with van der Waals surface area (Å²) < 4.78 is 23.0. The van der Waals surface area contributed by atoms with Gasteiger partial charge in [-0.15, -0.1) is 0 Å². The molecule has 1 rings (SSSR count). The van der Waals surface area contributed by atoms with E-state index in [1.54, 1.807) is 6.92 Å². The molecule has 1 saturated heterocycles. The van der Waals surface area contributed by atoms with Crippen molar-refractivity contribution in [2.24, 2.45) is 5.92 Å². The van der Waals surface area contributed by atoms with E-state index in [0.29, 0.717) is 6.42 Å². The maximum atomic E-state index is 12.7. The van der Waals surface area contributed by atoms with E-state index < -0.39 is 28.0 Å². The van der Waals surface area contributed by atoms with Crippen LogP contribution in [0.4, 0.5) is 0 Å². The topological polar surface area (TPSA) is 83.6 Å². The first kappa shape index (κ1) is 17.9. The van der Waals surface area contributed by atoms with E-state index in [2.05, 4.69) is 5.32 Å². The molecule has 1 aliphatic rings. The third-order valence-electron chi connectivity index (χ3n) is 4.08. The third kappa shape index (κ3) is 4.18. The molecule has 0 aromatic rings. The molecular weight excluding hydrogens is 292 g/mol. The molecular formula is C14H26N2O4S. The van der Waals surface area contributed by atoms with Gasteiger partial charge in [0.1, 0.15) is 21.9 Å². The van der Waals surface area contributed by atoms with E-state index in [1.165, 1.54) is 4.90 Å². The number of amides is 2. The molecule has 4 unspecified atom stereocenters. The molecule has 6 nitrogen and oxygen atoms in total. The minimum absolute atomic E-state index is 0.0205. The van der Waals surface area contributed by atoms with Crippen molar-refractivity contribution in [3.63, 3.8) is 0 Å². The molecule has 21 heavy (non-hydrogen) atoms. The summed E-state index contributed by atoms with van der Waals surface area (Å²) in [6, 6.07) is -1.66. The van der Waals surface area contributed by atoms with Gasteiger partial charge in [-0.3, -0.25) is 9.59 Å². The van der Waals surface area contributed by atoms with Crippen LogP contribution in [0.25, 0.3) is 0 Å². The van der Waals surface area contributed by atoms with Gasteiger partial charge in [0, 0.05) is 12.3 Å². The zero-order chi connectivity index (χ0) is 16.4. The zero-order valence-electron chi connectivity index (χ0n) is 13.4. The quantitative estimate of drug-likeness (QED) is 0.776. The number of hydrogen-bond acceptors (Lipinski definition) is 4. The lowest BCUT2D eigenvalue weighted by Crippen LogP contribution is -2.67. The molecule has 0 bridgehead atoms. The van der Waals surface area contributed by atoms with Crippen LogP contribution in [0.1, 0.15) is 40.5 Å². The first-order valence-corrected chi connectivity index (χ1v) is 9.48. The fourth-order valence-electron chi connectivity index (χ4n) is 2.80. The van der Waals surface area contributed by atoms with E-state index in [4.69, 9.17) is 0 Å². The lowest BCUT2D eigenvalue weighted by Gasteiger charge is -2.43. The Bertz CT molecular complexity index is 503. The second-order valence-electron chi connectivity index (χ2n) is 5.98. The van der Waals surface area contributed by atoms with Crippen LogP contribution in [0, 0.1) is 5.92 Å². The van der Waals surface area contributed by atoms with Crippen LogP contribution in [0.15, 0.2) is 0 Å². The lowest BCUT2D eigenvalue weighted by molar-refractivity contribution is -0.153. The summed E-state index contributed by atoms with van der Waals surface area (Å²) >= 11 is 0. The fourth-order valence-corrected chi connectivity index (χ4v) is 3.83. The summed E-state index contributed by atoms with van der Waals surface area (Å²) in [7, 11) is -3.21. The largest absolute Gasteiger partial charge is 0.342 e. The van der Waals surface area contributed by atoms with Gasteiger partial charge in [0.05, 0.1) is 5.75 Å². The Kier molecular flexibility index (Phi) is 5.78. The maximum Gasteiger partial charge on any atom is 0.246 e. The van der Waals surface area contributed by atoms with Gasteiger partial charge in [-0.2, -0.15) is 0 Å². The number of hydrogen-bond donors (Lipinski definition) is 1. The Morgan fingerprint density at radius 3 is 2.24 bits per heavy atom. The van der Waals surface area contributed by atoms with Crippen molar-refractivity contribution in [3.05, 3.63) is 0 Å². The van der Waals surface area contributed by atoms with Crippen molar-refractivity contribution in [1.29, 1.82) is 0 Å². The molecule has 0 aliphatic carbocycles. The molecule has 0 aromatic carbocycles. The molecule has 1 heterocycles. The lowest BCUT2D eigenvalue weighted by atomic mass is 9.93. The SMILES string of the molecule is CCC(C)C1NC(=O)C(CC)N(C(C)CS(C)(=O)=O)C1=O. The molecule has 0 radical (unpaired) electrons. The molecule has 0 aromatic heterocycles. The molecule has 1 aliphatic heterocycles. The predicted octanol–water partition coefficient (Wildman–Crippen LogP) is 0.571. The number of rotatable bonds is 6. The van der Waals surface area contributed by atoms with Gasteiger partial charge in [0.2, 0.25) is 11.8 Å². The summed E-state index contributed by atoms with van der Waals surface area (Å²) in [4.78, 5) is 26.4. The fraction of sp³-hybridized carbons (Fsp3) is 0.857. The monoisotopic (exact) mass is 318 g/mol. The summed E-state index contributed by atoms with van der Waals surface area (Å²) in [5, 5.41) is 2.79. The number of nitrogens with zero attached hydrogens (tertiary/aromatic N) is 1. The molecule has 7 heteroatoms. The van der Waals surface area contributed by atoms with E-state index in [0.717, 1.165) is 12.7 Å². The van der Waals surface area contributed by atoms with Crippen LogP contribution < -0.4 is 5.32 Å². The summed E-state index contributed by atoms with van der Waals surface area (Å²) in [6.45, 7) is 7.38. The highest BCUT2D eigenvalue weighted by atomic mass is 32.2. The average Bonchev–Trinajstić information content (AvgIpc) is 2.37. The molecule has 2 amide bonds. The molecule has 1 fully saturated rings. The first-order valence-electron chi connectivity index (χ1n) is 7.42. The standard InChI is InChI=1S/C14H26N2O4S/c1-6-9(3)12-14(18)16(10(4)8-21(5,19)20)11(7-2)13(17)15-12/h9-12H,6-8H2,1-5H3,(H,15,17). The van der Waals surface area contributed by atoms with Crippen LogP contribution in [-0.4, -0.2) is 55.3 Å². The van der Waals surface area contributed by atoms with Crippen molar-refractivity contribution in [3.8, 4) is 0 Å². The van der Waals surface area contributed by atoms with Gasteiger partial charge in [0.25, 0.3) is 0 Å². The Morgan fingerprint density at radius 2 is 1.81 bits per heavy atom. The minimum atomic E-state index is -3.21. The third-order valence-corrected chi connectivity index (χ3v) is 5.16. The predicted molar refractivity (Wildman–Crippen MR) is 81.5 cm³/mol. The van der Waals surface area contributed by atoms with Gasteiger partial charge in [-0.25, -0.2) is 8.42 Å². The Hall–Kier alpha value is -1.11. The highest BCUT2D eigenvalue weighted by Gasteiger charge is 2.43. The number of nitrogens with one attached hydrogen (secondary N) is 1. The second-order valence-corrected chi connectivity index (χ2v) is 8.17. The number of piperazine rings is 1. The smallest absolute Gasteiger partial charge is 0.246 e. The highest BCUT2D eigenvalue weighted by molar-refractivity contribution is 7.90. The van der Waals surface area contributed by atoms with E-state index >= 15 is 0 Å². The molecule has 0 spiro atoms. The molecule has 0 saturated carbocycles.